The first-order valence-electron chi connectivity index (χ1n) is 14.8. The van der Waals surface area contributed by atoms with E-state index in [1.54, 1.807) is 18.4 Å². The SMILES string of the molecule is C=C(/C=C/c1ccccc1)OCCC(CCN1CNc2c(NC(=O)NCC)ncnc21)CNC(=O)c1ccccc1C(=O)O.CS. The van der Waals surface area contributed by atoms with Crippen molar-refractivity contribution in [2.24, 2.45) is 5.92 Å². The van der Waals surface area contributed by atoms with Gasteiger partial charge in [0.05, 0.1) is 24.4 Å². The summed E-state index contributed by atoms with van der Waals surface area (Å²) >= 11 is 3.53. The predicted molar refractivity (Wildman–Crippen MR) is 184 cm³/mol. The highest BCUT2D eigenvalue weighted by Gasteiger charge is 2.26. The van der Waals surface area contributed by atoms with Gasteiger partial charge in [0.25, 0.3) is 5.91 Å². The maximum absolute atomic E-state index is 13.0. The van der Waals surface area contributed by atoms with E-state index in [0.29, 0.717) is 68.8 Å². The number of carbonyl (C=O) groups is 3. The van der Waals surface area contributed by atoms with Crippen LogP contribution in [0.5, 0.6) is 0 Å². The van der Waals surface area contributed by atoms with Gasteiger partial charge in [-0.05, 0) is 55.7 Å². The van der Waals surface area contributed by atoms with Gasteiger partial charge >= 0.3 is 12.0 Å². The van der Waals surface area contributed by atoms with Crippen LogP contribution in [-0.2, 0) is 4.74 Å². The molecule has 2 aromatic carbocycles. The summed E-state index contributed by atoms with van der Waals surface area (Å²) in [5, 5.41) is 21.1. The third kappa shape index (κ3) is 10.5. The number of carboxylic acid groups (broad SMARTS) is 1. The summed E-state index contributed by atoms with van der Waals surface area (Å²) in [4.78, 5) is 47.3. The van der Waals surface area contributed by atoms with Gasteiger partial charge in [0.15, 0.2) is 11.6 Å². The lowest BCUT2D eigenvalue weighted by Crippen LogP contribution is -2.33. The molecule has 46 heavy (non-hydrogen) atoms. The Kier molecular flexibility index (Phi) is 14.4. The summed E-state index contributed by atoms with van der Waals surface area (Å²) in [5.74, 6) is -0.0493. The Morgan fingerprint density at radius 2 is 1.78 bits per heavy atom. The van der Waals surface area contributed by atoms with E-state index in [1.165, 1.54) is 18.5 Å². The predicted octanol–water partition coefficient (Wildman–Crippen LogP) is 5.12. The summed E-state index contributed by atoms with van der Waals surface area (Å²) in [6.45, 7) is 8.05. The Balaban J connectivity index is 0.00000282. The Hall–Kier alpha value is -5.04. The number of nitrogens with one attached hydrogen (secondary N) is 4. The summed E-state index contributed by atoms with van der Waals surface area (Å²) in [6.07, 6.45) is 8.12. The van der Waals surface area contributed by atoms with Gasteiger partial charge in [0.1, 0.15) is 17.8 Å². The molecule has 13 heteroatoms. The molecule has 0 radical (unpaired) electrons. The van der Waals surface area contributed by atoms with Crippen molar-refractivity contribution < 1.29 is 24.2 Å². The van der Waals surface area contributed by atoms with Crippen molar-refractivity contribution in [3.8, 4) is 0 Å². The average Bonchev–Trinajstić information content (AvgIpc) is 3.50. The van der Waals surface area contributed by atoms with Crippen LogP contribution in [0.2, 0.25) is 0 Å². The highest BCUT2D eigenvalue weighted by atomic mass is 32.1. The first-order chi connectivity index (χ1) is 22.4. The summed E-state index contributed by atoms with van der Waals surface area (Å²) in [7, 11) is 0. The standard InChI is InChI=1S/C32H37N7O5.CH4S/c1-3-33-32(43)38-28-27-29(36-20-35-28)39(21-37-27)17-15-24(16-18-44-22(2)13-14-23-9-5-4-6-10-23)19-34-30(40)25-11-7-8-12-26(25)31(41)42;1-2/h4-14,20,24,37H,2-3,15-19,21H2,1H3,(H,34,40)(H,41,42)(H2,33,35,36,38,43);2H,1H3/b14-13+;. The summed E-state index contributed by atoms with van der Waals surface area (Å²) in [5.41, 5.74) is 1.73. The molecule has 1 aromatic heterocycles. The number of hydrogen-bond acceptors (Lipinski definition) is 9. The molecule has 0 aliphatic carbocycles. The number of carboxylic acids is 1. The monoisotopic (exact) mass is 647 g/mol. The van der Waals surface area contributed by atoms with Gasteiger partial charge in [-0.15, -0.1) is 0 Å². The number of benzene rings is 2. The summed E-state index contributed by atoms with van der Waals surface area (Å²) < 4.78 is 5.87. The molecule has 1 aliphatic rings. The van der Waals surface area contributed by atoms with Gasteiger partial charge < -0.3 is 30.7 Å². The third-order valence-electron chi connectivity index (χ3n) is 6.98. The number of rotatable bonds is 15. The largest absolute Gasteiger partial charge is 0.494 e. The third-order valence-corrected chi connectivity index (χ3v) is 6.98. The molecule has 0 fully saturated rings. The van der Waals surface area contributed by atoms with Crippen LogP contribution >= 0.6 is 12.6 Å². The van der Waals surface area contributed by atoms with Gasteiger partial charge in [0, 0.05) is 19.6 Å². The van der Waals surface area contributed by atoms with Gasteiger partial charge in [-0.25, -0.2) is 19.6 Å². The molecule has 1 atom stereocenters. The number of anilines is 3. The van der Waals surface area contributed by atoms with E-state index in [1.807, 2.05) is 54.3 Å². The first-order valence-corrected chi connectivity index (χ1v) is 15.7. The van der Waals surface area contributed by atoms with Crippen molar-refractivity contribution in [2.45, 2.75) is 19.8 Å². The normalized spacial score (nSPS) is 12.2. The molecule has 12 nitrogen and oxygen atoms in total. The van der Waals surface area contributed by atoms with E-state index >= 15 is 0 Å². The van der Waals surface area contributed by atoms with Crippen LogP contribution in [0.15, 0.2) is 79.3 Å². The quantitative estimate of drug-likeness (QED) is 0.0748. The van der Waals surface area contributed by atoms with Crippen molar-refractivity contribution in [3.63, 3.8) is 0 Å². The number of aromatic nitrogens is 2. The lowest BCUT2D eigenvalue weighted by molar-refractivity contribution is 0.0690. The molecule has 0 spiro atoms. The number of ether oxygens (including phenoxy) is 1. The summed E-state index contributed by atoms with van der Waals surface area (Å²) in [6, 6.07) is 15.6. The fourth-order valence-electron chi connectivity index (χ4n) is 4.67. The number of aromatic carboxylic acids is 1. The minimum absolute atomic E-state index is 0.0133. The fraction of sp³-hybridized carbons (Fsp3) is 0.303. The molecule has 0 saturated heterocycles. The molecule has 4 rings (SSSR count). The zero-order valence-corrected chi connectivity index (χ0v) is 26.9. The number of allylic oxidation sites excluding steroid dienone is 1. The molecule has 1 unspecified atom stereocenters. The van der Waals surface area contributed by atoms with Crippen molar-refractivity contribution in [2.75, 3.05) is 54.7 Å². The van der Waals surface area contributed by atoms with E-state index in [-0.39, 0.29) is 23.1 Å². The fourth-order valence-corrected chi connectivity index (χ4v) is 4.67. The highest BCUT2D eigenvalue weighted by molar-refractivity contribution is 7.79. The molecule has 1 aliphatic heterocycles. The van der Waals surface area contributed by atoms with Crippen LogP contribution in [0.4, 0.5) is 22.1 Å². The molecule has 2 heterocycles. The average molecular weight is 648 g/mol. The topological polar surface area (TPSA) is 158 Å². The first kappa shape index (κ1) is 35.4. The van der Waals surface area contributed by atoms with Crippen molar-refractivity contribution in [3.05, 3.63) is 96.0 Å². The van der Waals surface area contributed by atoms with E-state index in [0.717, 1.165) is 5.56 Å². The maximum Gasteiger partial charge on any atom is 0.336 e. The number of carbonyl (C=O) groups excluding carboxylic acids is 2. The Labute approximate surface area is 274 Å². The van der Waals surface area contributed by atoms with E-state index < -0.39 is 11.9 Å². The molecule has 0 bridgehead atoms. The molecule has 244 valence electrons. The second-order valence-electron chi connectivity index (χ2n) is 10.1. The smallest absolute Gasteiger partial charge is 0.336 e. The number of hydrogen-bond donors (Lipinski definition) is 6. The van der Waals surface area contributed by atoms with Crippen LogP contribution in [0, 0.1) is 5.92 Å². The lowest BCUT2D eigenvalue weighted by atomic mass is 10.0. The Morgan fingerprint density at radius 3 is 2.50 bits per heavy atom. The molecule has 0 saturated carbocycles. The number of fused-ring (bicyclic) bond motifs is 1. The van der Waals surface area contributed by atoms with Crippen LogP contribution in [0.3, 0.4) is 0 Å². The highest BCUT2D eigenvalue weighted by Crippen LogP contribution is 2.34. The molecule has 3 aromatic rings. The number of urea groups is 1. The van der Waals surface area contributed by atoms with Gasteiger partial charge in [-0.2, -0.15) is 12.6 Å². The van der Waals surface area contributed by atoms with Crippen LogP contribution in [0.25, 0.3) is 6.08 Å². The van der Waals surface area contributed by atoms with Crippen molar-refractivity contribution in [1.29, 1.82) is 0 Å². The maximum atomic E-state index is 13.0. The number of amides is 3. The second kappa shape index (κ2) is 18.7. The number of nitrogens with zero attached hydrogens (tertiary/aromatic N) is 3. The zero-order valence-electron chi connectivity index (χ0n) is 26.0. The van der Waals surface area contributed by atoms with Gasteiger partial charge in [-0.3, -0.25) is 10.1 Å². The lowest BCUT2D eigenvalue weighted by Gasteiger charge is -2.23. The van der Waals surface area contributed by atoms with Crippen LogP contribution in [0.1, 0.15) is 46.0 Å². The molecule has 3 amide bonds. The van der Waals surface area contributed by atoms with E-state index in [4.69, 9.17) is 4.74 Å². The Morgan fingerprint density at radius 1 is 1.07 bits per heavy atom. The van der Waals surface area contributed by atoms with E-state index in [2.05, 4.69) is 50.4 Å². The van der Waals surface area contributed by atoms with Gasteiger partial charge in [-0.1, -0.05) is 55.1 Å². The zero-order chi connectivity index (χ0) is 33.3. The molecule has 5 N–H and O–H groups in total. The van der Waals surface area contributed by atoms with E-state index in [9.17, 15) is 19.5 Å². The van der Waals surface area contributed by atoms with Crippen molar-refractivity contribution >= 4 is 53.9 Å². The van der Waals surface area contributed by atoms with Gasteiger partial charge in [0.2, 0.25) is 0 Å². The van der Waals surface area contributed by atoms with Crippen molar-refractivity contribution in [1.82, 2.24) is 20.6 Å². The molecular weight excluding hydrogens is 606 g/mol. The minimum atomic E-state index is -1.16. The minimum Gasteiger partial charge on any atom is -0.494 e. The van der Waals surface area contributed by atoms with Crippen LogP contribution in [-0.4, -0.2) is 72.1 Å². The van der Waals surface area contributed by atoms with Crippen LogP contribution < -0.4 is 26.2 Å². The second-order valence-corrected chi connectivity index (χ2v) is 10.1. The molecular formula is C33H41N7O5S. The Bertz CT molecular complexity index is 1500. The number of thiol groups is 1.